The standard InChI is InChI=1S/C24H26N4O5/c1-5-17-22(14-7-6-8-15(11-14)31-2)23-26-24(30)19(28(23)27-17)13-21(29)25-18-10-9-16(32-3)12-20(18)33-4/h6-12,19H,5,13H2,1-4H3,(H,25,29)(H,26,30). The van der Waals surface area contributed by atoms with Gasteiger partial charge in [-0.25, -0.2) is 4.68 Å². The maximum Gasteiger partial charge on any atom is 0.251 e. The molecule has 3 aromatic rings. The minimum Gasteiger partial charge on any atom is -0.497 e. The molecule has 0 saturated carbocycles. The number of ether oxygens (including phenoxy) is 3. The SMILES string of the molecule is CCc1nn2c(c1-c1cccc(OC)c1)NC(=O)C2CC(=O)Nc1ccc(OC)cc1OC. The number of aromatic nitrogens is 2. The Morgan fingerprint density at radius 1 is 1.09 bits per heavy atom. The second-order valence-electron chi connectivity index (χ2n) is 7.52. The van der Waals surface area contributed by atoms with Gasteiger partial charge in [0.1, 0.15) is 29.1 Å². The third-order valence-electron chi connectivity index (χ3n) is 5.58. The Bertz CT molecular complexity index is 1200. The van der Waals surface area contributed by atoms with Crippen LogP contribution in [0.15, 0.2) is 42.5 Å². The average molecular weight is 450 g/mol. The van der Waals surface area contributed by atoms with E-state index in [1.807, 2.05) is 31.2 Å². The van der Waals surface area contributed by atoms with Crippen LogP contribution < -0.4 is 24.8 Å². The topological polar surface area (TPSA) is 104 Å². The number of benzene rings is 2. The van der Waals surface area contributed by atoms with Gasteiger partial charge in [-0.3, -0.25) is 9.59 Å². The molecular weight excluding hydrogens is 424 g/mol. The van der Waals surface area contributed by atoms with Crippen LogP contribution in [0.4, 0.5) is 11.5 Å². The van der Waals surface area contributed by atoms with Gasteiger partial charge < -0.3 is 24.8 Å². The van der Waals surface area contributed by atoms with Crippen molar-refractivity contribution in [2.75, 3.05) is 32.0 Å². The van der Waals surface area contributed by atoms with Crippen LogP contribution in [0, 0.1) is 0 Å². The zero-order chi connectivity index (χ0) is 23.5. The molecule has 2 heterocycles. The van der Waals surface area contributed by atoms with Crippen molar-refractivity contribution in [1.29, 1.82) is 0 Å². The predicted octanol–water partition coefficient (Wildman–Crippen LogP) is 3.66. The maximum atomic E-state index is 12.8. The summed E-state index contributed by atoms with van der Waals surface area (Å²) in [7, 11) is 4.67. The largest absolute Gasteiger partial charge is 0.497 e. The minimum absolute atomic E-state index is 0.0730. The van der Waals surface area contributed by atoms with Crippen LogP contribution >= 0.6 is 0 Å². The highest BCUT2D eigenvalue weighted by molar-refractivity contribution is 6.04. The van der Waals surface area contributed by atoms with E-state index in [0.717, 1.165) is 16.8 Å². The number of fused-ring (bicyclic) bond motifs is 1. The van der Waals surface area contributed by atoms with Crippen molar-refractivity contribution >= 4 is 23.3 Å². The lowest BCUT2D eigenvalue weighted by molar-refractivity contribution is -0.123. The number of hydrogen-bond acceptors (Lipinski definition) is 6. The summed E-state index contributed by atoms with van der Waals surface area (Å²) >= 11 is 0. The Kier molecular flexibility index (Phi) is 6.21. The van der Waals surface area contributed by atoms with Gasteiger partial charge in [-0.05, 0) is 36.2 Å². The molecule has 172 valence electrons. The summed E-state index contributed by atoms with van der Waals surface area (Å²) in [5, 5.41) is 10.4. The predicted molar refractivity (Wildman–Crippen MR) is 124 cm³/mol. The third kappa shape index (κ3) is 4.21. The Labute approximate surface area is 191 Å². The number of hydrogen-bond donors (Lipinski definition) is 2. The minimum atomic E-state index is -0.756. The Balaban J connectivity index is 1.60. The van der Waals surface area contributed by atoms with E-state index in [1.54, 1.807) is 37.1 Å². The van der Waals surface area contributed by atoms with Crippen LogP contribution in [0.2, 0.25) is 0 Å². The van der Waals surface area contributed by atoms with E-state index in [-0.39, 0.29) is 18.2 Å². The fraction of sp³-hybridized carbons (Fsp3) is 0.292. The first-order valence-corrected chi connectivity index (χ1v) is 10.6. The summed E-state index contributed by atoms with van der Waals surface area (Å²) in [4.78, 5) is 25.6. The Morgan fingerprint density at radius 3 is 2.55 bits per heavy atom. The highest BCUT2D eigenvalue weighted by Crippen LogP contribution is 2.40. The van der Waals surface area contributed by atoms with Crippen LogP contribution in [0.3, 0.4) is 0 Å². The molecular formula is C24H26N4O5. The number of anilines is 2. The van der Waals surface area contributed by atoms with Gasteiger partial charge in [0.2, 0.25) is 5.91 Å². The normalized spacial score (nSPS) is 14.4. The summed E-state index contributed by atoms with van der Waals surface area (Å²) in [6.45, 7) is 2.00. The van der Waals surface area contributed by atoms with Crippen molar-refractivity contribution in [3.05, 3.63) is 48.2 Å². The van der Waals surface area contributed by atoms with Crippen molar-refractivity contribution in [2.45, 2.75) is 25.8 Å². The second-order valence-corrected chi connectivity index (χ2v) is 7.52. The fourth-order valence-electron chi connectivity index (χ4n) is 3.92. The van der Waals surface area contributed by atoms with E-state index in [2.05, 4.69) is 15.7 Å². The molecule has 1 aromatic heterocycles. The number of carbonyl (C=O) groups excluding carboxylic acids is 2. The van der Waals surface area contributed by atoms with Crippen molar-refractivity contribution in [1.82, 2.24) is 9.78 Å². The quantitative estimate of drug-likeness (QED) is 0.543. The van der Waals surface area contributed by atoms with E-state index in [0.29, 0.717) is 35.2 Å². The number of rotatable bonds is 8. The Morgan fingerprint density at radius 2 is 1.85 bits per heavy atom. The molecule has 2 amide bonds. The van der Waals surface area contributed by atoms with Gasteiger partial charge in [0.15, 0.2) is 0 Å². The van der Waals surface area contributed by atoms with Crippen molar-refractivity contribution < 1.29 is 23.8 Å². The summed E-state index contributed by atoms with van der Waals surface area (Å²) in [5.41, 5.74) is 3.06. The van der Waals surface area contributed by atoms with Gasteiger partial charge in [0.25, 0.3) is 5.91 Å². The summed E-state index contributed by atoms with van der Waals surface area (Å²) in [6, 6.07) is 11.9. The molecule has 0 saturated heterocycles. The molecule has 33 heavy (non-hydrogen) atoms. The van der Waals surface area contributed by atoms with Crippen molar-refractivity contribution in [3.8, 4) is 28.4 Å². The van der Waals surface area contributed by atoms with Gasteiger partial charge in [-0.15, -0.1) is 0 Å². The molecule has 0 aliphatic carbocycles. The van der Waals surface area contributed by atoms with Crippen molar-refractivity contribution in [3.63, 3.8) is 0 Å². The number of nitrogens with one attached hydrogen (secondary N) is 2. The van der Waals surface area contributed by atoms with E-state index in [4.69, 9.17) is 14.2 Å². The molecule has 2 aromatic carbocycles. The molecule has 0 radical (unpaired) electrons. The molecule has 1 unspecified atom stereocenters. The van der Waals surface area contributed by atoms with Crippen LogP contribution in [0.1, 0.15) is 25.1 Å². The number of nitrogens with zero attached hydrogens (tertiary/aromatic N) is 2. The van der Waals surface area contributed by atoms with Crippen LogP contribution in [0.5, 0.6) is 17.2 Å². The first-order valence-electron chi connectivity index (χ1n) is 10.6. The number of aryl methyl sites for hydroxylation is 1. The highest BCUT2D eigenvalue weighted by Gasteiger charge is 2.37. The monoisotopic (exact) mass is 450 g/mol. The smallest absolute Gasteiger partial charge is 0.251 e. The molecule has 0 spiro atoms. The van der Waals surface area contributed by atoms with Gasteiger partial charge in [-0.1, -0.05) is 19.1 Å². The first-order chi connectivity index (χ1) is 16.0. The van der Waals surface area contributed by atoms with Crippen LogP contribution in [-0.2, 0) is 16.0 Å². The average Bonchev–Trinajstić information content (AvgIpc) is 3.34. The lowest BCUT2D eigenvalue weighted by Gasteiger charge is -2.13. The molecule has 0 bridgehead atoms. The van der Waals surface area contributed by atoms with E-state index in [9.17, 15) is 9.59 Å². The molecule has 9 heteroatoms. The molecule has 0 fully saturated rings. The molecule has 1 aliphatic heterocycles. The number of amides is 2. The van der Waals surface area contributed by atoms with E-state index in [1.165, 1.54) is 7.11 Å². The van der Waals surface area contributed by atoms with E-state index < -0.39 is 6.04 Å². The zero-order valence-corrected chi connectivity index (χ0v) is 19.0. The maximum absolute atomic E-state index is 12.8. The summed E-state index contributed by atoms with van der Waals surface area (Å²) < 4.78 is 17.5. The Hall–Kier alpha value is -4.01. The second kappa shape index (κ2) is 9.23. The zero-order valence-electron chi connectivity index (χ0n) is 19.0. The van der Waals surface area contributed by atoms with E-state index >= 15 is 0 Å². The molecule has 1 aliphatic rings. The number of methoxy groups -OCH3 is 3. The van der Waals surface area contributed by atoms with Crippen LogP contribution in [0.25, 0.3) is 11.1 Å². The van der Waals surface area contributed by atoms with Gasteiger partial charge in [0, 0.05) is 11.6 Å². The molecule has 1 atom stereocenters. The van der Waals surface area contributed by atoms with Gasteiger partial charge >= 0.3 is 0 Å². The van der Waals surface area contributed by atoms with Crippen LogP contribution in [-0.4, -0.2) is 42.9 Å². The molecule has 2 N–H and O–H groups in total. The summed E-state index contributed by atoms with van der Waals surface area (Å²) in [6.07, 6.45) is 0.598. The lowest BCUT2D eigenvalue weighted by atomic mass is 10.0. The van der Waals surface area contributed by atoms with Crippen molar-refractivity contribution in [2.24, 2.45) is 0 Å². The molecule has 4 rings (SSSR count). The first kappa shape index (κ1) is 22.2. The molecule has 9 nitrogen and oxygen atoms in total. The van der Waals surface area contributed by atoms with Gasteiger partial charge in [-0.2, -0.15) is 5.10 Å². The third-order valence-corrected chi connectivity index (χ3v) is 5.58. The number of carbonyl (C=O) groups is 2. The fourth-order valence-corrected chi connectivity index (χ4v) is 3.92. The highest BCUT2D eigenvalue weighted by atomic mass is 16.5. The lowest BCUT2D eigenvalue weighted by Crippen LogP contribution is -2.24. The summed E-state index contributed by atoms with van der Waals surface area (Å²) in [5.74, 6) is 1.77. The van der Waals surface area contributed by atoms with Gasteiger partial charge in [0.05, 0.1) is 39.1 Å².